The Morgan fingerprint density at radius 2 is 1.82 bits per heavy atom. The molecule has 1 atom stereocenters. The Bertz CT molecular complexity index is 658. The summed E-state index contributed by atoms with van der Waals surface area (Å²) in [5.41, 5.74) is 2.08. The summed E-state index contributed by atoms with van der Waals surface area (Å²) < 4.78 is 26.5. The number of sulfonamides is 1. The lowest BCUT2D eigenvalue weighted by atomic mass is 9.94. The molecule has 118 valence electrons. The fraction of sp³-hybridized carbons (Fsp3) is 0.353. The number of pyridine rings is 1. The van der Waals surface area contributed by atoms with Crippen LogP contribution in [0.2, 0.25) is 0 Å². The Morgan fingerprint density at radius 3 is 2.45 bits per heavy atom. The molecule has 0 aliphatic rings. The monoisotopic (exact) mass is 318 g/mol. The molecule has 2 rings (SSSR count). The van der Waals surface area contributed by atoms with Crippen molar-refractivity contribution in [3.63, 3.8) is 0 Å². The third-order valence-corrected chi connectivity index (χ3v) is 5.03. The zero-order valence-electron chi connectivity index (χ0n) is 12.8. The van der Waals surface area contributed by atoms with E-state index in [1.807, 2.05) is 55.5 Å². The second-order valence-corrected chi connectivity index (χ2v) is 7.23. The first-order valence-corrected chi connectivity index (χ1v) is 9.18. The van der Waals surface area contributed by atoms with Crippen molar-refractivity contribution < 1.29 is 8.42 Å². The van der Waals surface area contributed by atoms with Gasteiger partial charge in [-0.2, -0.15) is 0 Å². The van der Waals surface area contributed by atoms with Crippen molar-refractivity contribution in [2.45, 2.75) is 25.7 Å². The molecular weight excluding hydrogens is 296 g/mol. The lowest BCUT2D eigenvalue weighted by molar-refractivity contribution is 0.566. The van der Waals surface area contributed by atoms with Gasteiger partial charge in [0.05, 0.1) is 5.75 Å². The molecule has 0 bridgehead atoms. The molecular formula is C17H22N2O2S. The first-order chi connectivity index (χ1) is 10.6. The average Bonchev–Trinajstić information content (AvgIpc) is 2.53. The van der Waals surface area contributed by atoms with E-state index in [1.54, 1.807) is 6.20 Å². The maximum absolute atomic E-state index is 11.9. The molecule has 0 fully saturated rings. The summed E-state index contributed by atoms with van der Waals surface area (Å²) in [5, 5.41) is 0. The van der Waals surface area contributed by atoms with E-state index in [0.29, 0.717) is 19.4 Å². The van der Waals surface area contributed by atoms with Crippen LogP contribution in [-0.4, -0.2) is 25.7 Å². The molecule has 1 N–H and O–H groups in total. The Morgan fingerprint density at radius 1 is 1.09 bits per heavy atom. The summed E-state index contributed by atoms with van der Waals surface area (Å²) in [5.74, 6) is 0.237. The molecule has 0 radical (unpaired) electrons. The van der Waals surface area contributed by atoms with Crippen LogP contribution in [-0.2, 0) is 16.4 Å². The second kappa shape index (κ2) is 8.06. The molecule has 0 amide bonds. The number of nitrogens with zero attached hydrogens (tertiary/aromatic N) is 1. The minimum atomic E-state index is -3.20. The van der Waals surface area contributed by atoms with Crippen molar-refractivity contribution in [2.24, 2.45) is 0 Å². The summed E-state index contributed by atoms with van der Waals surface area (Å²) in [6.45, 7) is 2.25. The normalized spacial score (nSPS) is 13.0. The highest BCUT2D eigenvalue weighted by Crippen LogP contribution is 2.19. The van der Waals surface area contributed by atoms with Gasteiger partial charge >= 0.3 is 0 Å². The van der Waals surface area contributed by atoms with E-state index in [2.05, 4.69) is 9.71 Å². The van der Waals surface area contributed by atoms with E-state index in [-0.39, 0.29) is 11.7 Å². The summed E-state index contributed by atoms with van der Waals surface area (Å²) in [7, 11) is -3.20. The Balaban J connectivity index is 2.12. The van der Waals surface area contributed by atoms with Gasteiger partial charge in [0.2, 0.25) is 10.0 Å². The number of aromatic nitrogens is 1. The number of hydrogen-bond acceptors (Lipinski definition) is 3. The van der Waals surface area contributed by atoms with Gasteiger partial charge in [0, 0.05) is 24.4 Å². The Hall–Kier alpha value is -1.72. The number of nitrogens with one attached hydrogen (secondary N) is 1. The van der Waals surface area contributed by atoms with Crippen molar-refractivity contribution in [3.05, 3.63) is 66.0 Å². The smallest absolute Gasteiger partial charge is 0.211 e. The molecule has 5 heteroatoms. The molecule has 1 unspecified atom stereocenters. The predicted octanol–water partition coefficient (Wildman–Crippen LogP) is 2.74. The molecule has 1 heterocycles. The van der Waals surface area contributed by atoms with E-state index in [1.165, 1.54) is 0 Å². The SMILES string of the molecule is CCCS(=O)(=O)NCC(Cc1ccccn1)c1ccccc1. The number of rotatable bonds is 8. The van der Waals surface area contributed by atoms with Crippen molar-refractivity contribution in [3.8, 4) is 0 Å². The molecule has 0 saturated carbocycles. The topological polar surface area (TPSA) is 59.1 Å². The second-order valence-electron chi connectivity index (χ2n) is 5.30. The summed E-state index contributed by atoms with van der Waals surface area (Å²) in [4.78, 5) is 4.35. The van der Waals surface area contributed by atoms with Crippen molar-refractivity contribution in [1.82, 2.24) is 9.71 Å². The van der Waals surface area contributed by atoms with Gasteiger partial charge in [-0.15, -0.1) is 0 Å². The molecule has 4 nitrogen and oxygen atoms in total. The minimum Gasteiger partial charge on any atom is -0.261 e. The van der Waals surface area contributed by atoms with Crippen molar-refractivity contribution in [2.75, 3.05) is 12.3 Å². The Labute approximate surface area is 132 Å². The van der Waals surface area contributed by atoms with E-state index < -0.39 is 10.0 Å². The van der Waals surface area contributed by atoms with Gasteiger partial charge in [-0.3, -0.25) is 4.98 Å². The summed E-state index contributed by atoms with van der Waals surface area (Å²) in [6.07, 6.45) is 3.09. The predicted molar refractivity (Wildman–Crippen MR) is 89.2 cm³/mol. The van der Waals surface area contributed by atoms with Gasteiger partial charge in [0.25, 0.3) is 0 Å². The molecule has 0 aliphatic heterocycles. The summed E-state index contributed by atoms with van der Waals surface area (Å²) in [6, 6.07) is 15.8. The molecule has 0 saturated heterocycles. The molecule has 2 aromatic rings. The van der Waals surface area contributed by atoms with Gasteiger partial charge in [-0.1, -0.05) is 43.3 Å². The highest BCUT2D eigenvalue weighted by molar-refractivity contribution is 7.89. The molecule has 0 aliphatic carbocycles. The summed E-state index contributed by atoms with van der Waals surface area (Å²) >= 11 is 0. The van der Waals surface area contributed by atoms with Crippen LogP contribution in [0.5, 0.6) is 0 Å². The maximum Gasteiger partial charge on any atom is 0.211 e. The van der Waals surface area contributed by atoms with Crippen LogP contribution in [0.3, 0.4) is 0 Å². The molecule has 1 aromatic carbocycles. The van der Waals surface area contributed by atoms with Crippen LogP contribution in [0.1, 0.15) is 30.5 Å². The van der Waals surface area contributed by atoms with Gasteiger partial charge in [-0.25, -0.2) is 13.1 Å². The van der Waals surface area contributed by atoms with Gasteiger partial charge in [0.15, 0.2) is 0 Å². The van der Waals surface area contributed by atoms with E-state index >= 15 is 0 Å². The van der Waals surface area contributed by atoms with E-state index in [0.717, 1.165) is 11.3 Å². The zero-order chi connectivity index (χ0) is 15.8. The van der Waals surface area contributed by atoms with Crippen LogP contribution < -0.4 is 4.72 Å². The lowest BCUT2D eigenvalue weighted by Crippen LogP contribution is -2.31. The van der Waals surface area contributed by atoms with Gasteiger partial charge < -0.3 is 0 Å². The quantitative estimate of drug-likeness (QED) is 0.814. The fourth-order valence-corrected chi connectivity index (χ4v) is 3.51. The largest absolute Gasteiger partial charge is 0.261 e. The zero-order valence-corrected chi connectivity index (χ0v) is 13.6. The number of hydrogen-bond donors (Lipinski definition) is 1. The highest BCUT2D eigenvalue weighted by atomic mass is 32.2. The lowest BCUT2D eigenvalue weighted by Gasteiger charge is -2.18. The van der Waals surface area contributed by atoms with Gasteiger partial charge in [-0.05, 0) is 30.5 Å². The third kappa shape index (κ3) is 5.24. The highest BCUT2D eigenvalue weighted by Gasteiger charge is 2.16. The minimum absolute atomic E-state index is 0.0720. The van der Waals surface area contributed by atoms with Crippen molar-refractivity contribution >= 4 is 10.0 Å². The molecule has 1 aromatic heterocycles. The maximum atomic E-state index is 11.9. The van der Waals surface area contributed by atoms with E-state index in [9.17, 15) is 8.42 Å². The Kier molecular flexibility index (Phi) is 6.10. The van der Waals surface area contributed by atoms with Gasteiger partial charge in [0.1, 0.15) is 0 Å². The third-order valence-electron chi connectivity index (χ3n) is 3.48. The van der Waals surface area contributed by atoms with E-state index in [4.69, 9.17) is 0 Å². The first-order valence-electron chi connectivity index (χ1n) is 7.53. The fourth-order valence-electron chi connectivity index (χ4n) is 2.37. The van der Waals surface area contributed by atoms with Crippen LogP contribution in [0.15, 0.2) is 54.7 Å². The van der Waals surface area contributed by atoms with Crippen LogP contribution >= 0.6 is 0 Å². The van der Waals surface area contributed by atoms with Crippen LogP contribution in [0.4, 0.5) is 0 Å². The number of benzene rings is 1. The van der Waals surface area contributed by atoms with Crippen LogP contribution in [0, 0.1) is 0 Å². The molecule has 22 heavy (non-hydrogen) atoms. The standard InChI is InChI=1S/C17H22N2O2S/c1-2-12-22(20,21)19-14-16(15-8-4-3-5-9-15)13-17-10-6-7-11-18-17/h3-11,16,19H,2,12-14H2,1H3. The van der Waals surface area contributed by atoms with Crippen molar-refractivity contribution in [1.29, 1.82) is 0 Å². The molecule has 0 spiro atoms. The average molecular weight is 318 g/mol. The van der Waals surface area contributed by atoms with Crippen LogP contribution in [0.25, 0.3) is 0 Å². The first kappa shape index (κ1) is 16.6.